The van der Waals surface area contributed by atoms with Crippen molar-refractivity contribution in [3.63, 3.8) is 0 Å². The molecule has 0 aliphatic heterocycles. The topological polar surface area (TPSA) is 67.0 Å². The molecule has 5 nitrogen and oxygen atoms in total. The number of ether oxygens (including phenoxy) is 1. The third-order valence-electron chi connectivity index (χ3n) is 3.18. The number of rotatable bonds is 4. The van der Waals surface area contributed by atoms with E-state index < -0.39 is 17.6 Å². The molecule has 0 aliphatic carbocycles. The van der Waals surface area contributed by atoms with Gasteiger partial charge in [0.15, 0.2) is 0 Å². The Bertz CT molecular complexity index is 877. The van der Waals surface area contributed by atoms with Gasteiger partial charge in [-0.25, -0.2) is 18.6 Å². The highest BCUT2D eigenvalue weighted by Crippen LogP contribution is 2.22. The number of fused-ring (bicyclic) bond motifs is 1. The highest BCUT2D eigenvalue weighted by molar-refractivity contribution is 5.94. The van der Waals surface area contributed by atoms with Gasteiger partial charge in [-0.1, -0.05) is 0 Å². The van der Waals surface area contributed by atoms with Crippen LogP contribution in [-0.4, -0.2) is 22.5 Å². The first-order chi connectivity index (χ1) is 11.1. The van der Waals surface area contributed by atoms with Gasteiger partial charge < -0.3 is 15.0 Å². The maximum Gasteiger partial charge on any atom is 0.338 e. The van der Waals surface area contributed by atoms with Crippen LogP contribution < -0.4 is 5.32 Å². The monoisotopic (exact) mass is 317 g/mol. The molecule has 0 aliphatic rings. The van der Waals surface area contributed by atoms with Crippen molar-refractivity contribution in [1.29, 1.82) is 0 Å². The van der Waals surface area contributed by atoms with Crippen LogP contribution in [0.1, 0.15) is 17.3 Å². The molecule has 23 heavy (non-hydrogen) atoms. The lowest BCUT2D eigenvalue weighted by Crippen LogP contribution is -2.04. The van der Waals surface area contributed by atoms with Crippen LogP contribution in [0.2, 0.25) is 0 Å². The molecule has 3 aromatic rings. The Labute approximate surface area is 130 Å². The van der Waals surface area contributed by atoms with Crippen LogP contribution in [0.15, 0.2) is 36.4 Å². The molecule has 7 heteroatoms. The Morgan fingerprint density at radius 1 is 1.26 bits per heavy atom. The number of nitrogens with one attached hydrogen (secondary N) is 2. The quantitative estimate of drug-likeness (QED) is 0.719. The number of hydrogen-bond acceptors (Lipinski definition) is 4. The van der Waals surface area contributed by atoms with Crippen LogP contribution in [0.5, 0.6) is 0 Å². The van der Waals surface area contributed by atoms with Gasteiger partial charge in [-0.15, -0.1) is 0 Å². The number of aromatic amines is 1. The second-order valence-electron chi connectivity index (χ2n) is 4.79. The molecule has 0 atom stereocenters. The summed E-state index contributed by atoms with van der Waals surface area (Å²) in [6.45, 7) is 2.02. The van der Waals surface area contributed by atoms with E-state index in [1.54, 1.807) is 25.1 Å². The van der Waals surface area contributed by atoms with Crippen LogP contribution in [0.4, 0.5) is 20.4 Å². The Kier molecular flexibility index (Phi) is 3.92. The van der Waals surface area contributed by atoms with Crippen molar-refractivity contribution >= 4 is 28.6 Å². The van der Waals surface area contributed by atoms with Crippen LogP contribution in [0.3, 0.4) is 0 Å². The summed E-state index contributed by atoms with van der Waals surface area (Å²) in [7, 11) is 0. The number of anilines is 2. The highest BCUT2D eigenvalue weighted by Gasteiger charge is 2.11. The van der Waals surface area contributed by atoms with Crippen molar-refractivity contribution < 1.29 is 18.3 Å². The fourth-order valence-corrected chi connectivity index (χ4v) is 2.13. The minimum absolute atomic E-state index is 0.0936. The van der Waals surface area contributed by atoms with Crippen LogP contribution in [0.25, 0.3) is 11.0 Å². The number of hydrogen-bond donors (Lipinski definition) is 2. The van der Waals surface area contributed by atoms with Gasteiger partial charge >= 0.3 is 5.97 Å². The number of benzene rings is 2. The van der Waals surface area contributed by atoms with Crippen molar-refractivity contribution in [3.8, 4) is 0 Å². The summed E-state index contributed by atoms with van der Waals surface area (Å²) < 4.78 is 31.5. The van der Waals surface area contributed by atoms with E-state index in [0.29, 0.717) is 16.6 Å². The Hall–Kier alpha value is -2.96. The van der Waals surface area contributed by atoms with E-state index in [1.165, 1.54) is 6.07 Å². The van der Waals surface area contributed by atoms with Gasteiger partial charge in [-0.05, 0) is 37.3 Å². The van der Waals surface area contributed by atoms with Gasteiger partial charge in [0.1, 0.15) is 11.6 Å². The van der Waals surface area contributed by atoms with E-state index in [-0.39, 0.29) is 18.2 Å². The fraction of sp³-hybridized carbons (Fsp3) is 0.125. The van der Waals surface area contributed by atoms with E-state index in [9.17, 15) is 13.6 Å². The van der Waals surface area contributed by atoms with Gasteiger partial charge in [-0.2, -0.15) is 0 Å². The second kappa shape index (κ2) is 6.04. The third kappa shape index (κ3) is 3.13. The number of esters is 1. The summed E-state index contributed by atoms with van der Waals surface area (Å²) in [6.07, 6.45) is 0. The number of carbonyl (C=O) groups excluding carboxylic acids is 1. The van der Waals surface area contributed by atoms with Gasteiger partial charge in [0.25, 0.3) is 0 Å². The highest BCUT2D eigenvalue weighted by atomic mass is 19.1. The molecule has 0 fully saturated rings. The zero-order valence-corrected chi connectivity index (χ0v) is 12.2. The molecular weight excluding hydrogens is 304 g/mol. The lowest BCUT2D eigenvalue weighted by atomic mass is 10.2. The van der Waals surface area contributed by atoms with Crippen molar-refractivity contribution in [2.24, 2.45) is 0 Å². The number of imidazole rings is 1. The summed E-state index contributed by atoms with van der Waals surface area (Å²) in [6, 6.07) is 8.07. The maximum atomic E-state index is 13.6. The van der Waals surface area contributed by atoms with E-state index in [4.69, 9.17) is 4.74 Å². The lowest BCUT2D eigenvalue weighted by Gasteiger charge is -2.03. The molecule has 2 N–H and O–H groups in total. The number of halogens is 2. The van der Waals surface area contributed by atoms with E-state index in [1.807, 2.05) is 0 Å². The summed E-state index contributed by atoms with van der Waals surface area (Å²) in [5, 5.41) is 2.74. The molecule has 0 saturated carbocycles. The minimum atomic E-state index is -0.724. The molecule has 118 valence electrons. The van der Waals surface area contributed by atoms with Crippen molar-refractivity contribution in [1.82, 2.24) is 9.97 Å². The van der Waals surface area contributed by atoms with Crippen LogP contribution in [-0.2, 0) is 4.74 Å². The molecule has 3 rings (SSSR count). The number of H-pyrrole nitrogens is 1. The summed E-state index contributed by atoms with van der Waals surface area (Å²) in [5.41, 5.74) is 1.68. The van der Waals surface area contributed by atoms with Gasteiger partial charge in [0.2, 0.25) is 5.95 Å². The number of carbonyl (C=O) groups is 1. The average Bonchev–Trinajstić information content (AvgIpc) is 2.91. The molecule has 0 radical (unpaired) electrons. The molecule has 2 aromatic carbocycles. The van der Waals surface area contributed by atoms with Crippen LogP contribution in [0, 0.1) is 11.6 Å². The first-order valence-corrected chi connectivity index (χ1v) is 6.96. The SMILES string of the molecule is CCOC(=O)c1ccc2nc(Nc3ccc(F)cc3F)[nH]c2c1. The molecule has 0 unspecified atom stereocenters. The molecule has 1 heterocycles. The Balaban J connectivity index is 1.89. The van der Waals surface area contributed by atoms with Gasteiger partial charge in [0, 0.05) is 6.07 Å². The predicted octanol–water partition coefficient (Wildman–Crippen LogP) is 3.76. The van der Waals surface area contributed by atoms with Crippen LogP contribution >= 0.6 is 0 Å². The molecular formula is C16H13F2N3O2. The molecule has 1 aromatic heterocycles. The minimum Gasteiger partial charge on any atom is -0.462 e. The standard InChI is InChI=1S/C16H13F2N3O2/c1-2-23-15(22)9-3-5-13-14(7-9)21-16(20-13)19-12-6-4-10(17)8-11(12)18/h3-8H,2H2,1H3,(H2,19,20,21). The zero-order chi connectivity index (χ0) is 16.4. The first-order valence-electron chi connectivity index (χ1n) is 6.96. The van der Waals surface area contributed by atoms with Crippen molar-refractivity contribution in [3.05, 3.63) is 53.6 Å². The molecule has 0 bridgehead atoms. The Morgan fingerprint density at radius 2 is 2.09 bits per heavy atom. The molecule has 0 saturated heterocycles. The smallest absolute Gasteiger partial charge is 0.338 e. The molecule has 0 spiro atoms. The number of nitrogens with zero attached hydrogens (tertiary/aromatic N) is 1. The second-order valence-corrected chi connectivity index (χ2v) is 4.79. The third-order valence-corrected chi connectivity index (χ3v) is 3.18. The zero-order valence-electron chi connectivity index (χ0n) is 12.2. The summed E-state index contributed by atoms with van der Waals surface area (Å²) in [4.78, 5) is 18.9. The maximum absolute atomic E-state index is 13.6. The predicted molar refractivity (Wildman–Crippen MR) is 81.7 cm³/mol. The number of aromatic nitrogens is 2. The fourth-order valence-electron chi connectivity index (χ4n) is 2.13. The van der Waals surface area contributed by atoms with Gasteiger partial charge in [-0.3, -0.25) is 0 Å². The Morgan fingerprint density at radius 3 is 2.83 bits per heavy atom. The summed E-state index contributed by atoms with van der Waals surface area (Å²) >= 11 is 0. The first kappa shape index (κ1) is 15.0. The normalized spacial score (nSPS) is 10.7. The summed E-state index contributed by atoms with van der Waals surface area (Å²) in [5.74, 6) is -1.52. The van der Waals surface area contributed by atoms with Gasteiger partial charge in [0.05, 0.1) is 28.9 Å². The van der Waals surface area contributed by atoms with E-state index in [2.05, 4.69) is 15.3 Å². The van der Waals surface area contributed by atoms with E-state index in [0.717, 1.165) is 12.1 Å². The van der Waals surface area contributed by atoms with Crippen molar-refractivity contribution in [2.75, 3.05) is 11.9 Å². The molecule has 0 amide bonds. The van der Waals surface area contributed by atoms with Crippen molar-refractivity contribution in [2.45, 2.75) is 6.92 Å². The average molecular weight is 317 g/mol. The van der Waals surface area contributed by atoms with E-state index >= 15 is 0 Å². The lowest BCUT2D eigenvalue weighted by molar-refractivity contribution is 0.0526. The largest absolute Gasteiger partial charge is 0.462 e.